The fraction of sp³-hybridized carbons (Fsp3) is 0.125. The minimum atomic E-state index is -0.145. The van der Waals surface area contributed by atoms with Crippen molar-refractivity contribution in [1.29, 1.82) is 0 Å². The van der Waals surface area contributed by atoms with Gasteiger partial charge < -0.3 is 5.73 Å². The van der Waals surface area contributed by atoms with Crippen LogP contribution in [0.2, 0.25) is 0 Å². The number of anilines is 2. The number of fused-ring (bicyclic) bond motifs is 1. The van der Waals surface area contributed by atoms with Crippen LogP contribution in [-0.2, 0) is 0 Å². The molecule has 0 radical (unpaired) electrons. The van der Waals surface area contributed by atoms with Gasteiger partial charge in [-0.15, -0.1) is 0 Å². The van der Waals surface area contributed by atoms with Crippen LogP contribution in [-0.4, -0.2) is 10.9 Å². The molecule has 0 fully saturated rings. The number of hydrogen-bond donors (Lipinski definition) is 2. The SMILES string of the molecule is Cc1cc(C)cc(C(=O)Nc2nc3ccc(N)cc3s2)c1. The van der Waals surface area contributed by atoms with E-state index in [0.717, 1.165) is 21.3 Å². The standard InChI is InChI=1S/C16H15N3OS/c1-9-5-10(2)7-11(6-9)15(20)19-16-18-13-4-3-12(17)8-14(13)21-16/h3-8H,17H2,1-2H3,(H,18,19,20). The quantitative estimate of drug-likeness (QED) is 0.708. The molecular weight excluding hydrogens is 282 g/mol. The molecule has 21 heavy (non-hydrogen) atoms. The number of thiazole rings is 1. The average Bonchev–Trinajstić information content (AvgIpc) is 2.78. The molecule has 106 valence electrons. The molecule has 1 heterocycles. The maximum absolute atomic E-state index is 12.3. The van der Waals surface area contributed by atoms with Gasteiger partial charge >= 0.3 is 0 Å². The van der Waals surface area contributed by atoms with Crippen LogP contribution < -0.4 is 11.1 Å². The molecule has 4 nitrogen and oxygen atoms in total. The maximum Gasteiger partial charge on any atom is 0.257 e. The Morgan fingerprint density at radius 1 is 1.14 bits per heavy atom. The zero-order valence-electron chi connectivity index (χ0n) is 11.8. The van der Waals surface area contributed by atoms with Crippen molar-refractivity contribution in [3.05, 3.63) is 53.1 Å². The Hall–Kier alpha value is -2.40. The Morgan fingerprint density at radius 2 is 1.86 bits per heavy atom. The lowest BCUT2D eigenvalue weighted by Gasteiger charge is -2.04. The van der Waals surface area contributed by atoms with Crippen molar-refractivity contribution in [2.75, 3.05) is 11.1 Å². The molecule has 0 saturated carbocycles. The Kier molecular flexibility index (Phi) is 3.35. The number of aromatic nitrogens is 1. The lowest BCUT2D eigenvalue weighted by atomic mass is 10.1. The first kappa shape index (κ1) is 13.6. The summed E-state index contributed by atoms with van der Waals surface area (Å²) in [6, 6.07) is 11.3. The lowest BCUT2D eigenvalue weighted by molar-refractivity contribution is 0.102. The van der Waals surface area contributed by atoms with Crippen LogP contribution >= 0.6 is 11.3 Å². The highest BCUT2D eigenvalue weighted by Gasteiger charge is 2.10. The molecule has 0 spiro atoms. The van der Waals surface area contributed by atoms with Gasteiger partial charge in [-0.3, -0.25) is 10.1 Å². The molecule has 2 aromatic carbocycles. The minimum Gasteiger partial charge on any atom is -0.399 e. The normalized spacial score (nSPS) is 10.8. The van der Waals surface area contributed by atoms with Crippen LogP contribution in [0.4, 0.5) is 10.8 Å². The van der Waals surface area contributed by atoms with Gasteiger partial charge in [-0.25, -0.2) is 4.98 Å². The van der Waals surface area contributed by atoms with E-state index in [1.807, 2.05) is 44.2 Å². The fourth-order valence-corrected chi connectivity index (χ4v) is 3.18. The molecule has 0 bridgehead atoms. The molecule has 3 aromatic rings. The van der Waals surface area contributed by atoms with Gasteiger partial charge in [0.1, 0.15) is 0 Å². The topological polar surface area (TPSA) is 68.0 Å². The molecule has 5 heteroatoms. The largest absolute Gasteiger partial charge is 0.399 e. The molecule has 3 rings (SSSR count). The van der Waals surface area contributed by atoms with Crippen molar-refractivity contribution in [3.8, 4) is 0 Å². The minimum absolute atomic E-state index is 0.145. The van der Waals surface area contributed by atoms with Crippen molar-refractivity contribution < 1.29 is 4.79 Å². The van der Waals surface area contributed by atoms with E-state index in [1.165, 1.54) is 11.3 Å². The van der Waals surface area contributed by atoms with Gasteiger partial charge in [0.05, 0.1) is 10.2 Å². The van der Waals surface area contributed by atoms with Crippen molar-refractivity contribution in [2.24, 2.45) is 0 Å². The second-order valence-electron chi connectivity index (χ2n) is 5.08. The summed E-state index contributed by atoms with van der Waals surface area (Å²) in [4.78, 5) is 16.7. The van der Waals surface area contributed by atoms with E-state index in [0.29, 0.717) is 16.4 Å². The number of carbonyl (C=O) groups excluding carboxylic acids is 1. The van der Waals surface area contributed by atoms with Gasteiger partial charge in [0.2, 0.25) is 0 Å². The Bertz CT molecular complexity index is 818. The molecule has 0 saturated heterocycles. The van der Waals surface area contributed by atoms with E-state index in [9.17, 15) is 4.79 Å². The molecule has 1 aromatic heterocycles. The number of nitrogen functional groups attached to an aromatic ring is 1. The number of amides is 1. The van der Waals surface area contributed by atoms with Gasteiger partial charge in [0, 0.05) is 11.3 Å². The first-order chi connectivity index (χ1) is 10.0. The Labute approximate surface area is 126 Å². The third-order valence-electron chi connectivity index (χ3n) is 3.12. The first-order valence-corrected chi connectivity index (χ1v) is 7.38. The zero-order valence-corrected chi connectivity index (χ0v) is 12.6. The summed E-state index contributed by atoms with van der Waals surface area (Å²) < 4.78 is 0.964. The Balaban J connectivity index is 1.88. The number of hydrogen-bond acceptors (Lipinski definition) is 4. The highest BCUT2D eigenvalue weighted by Crippen LogP contribution is 2.27. The molecule has 0 unspecified atom stereocenters. The van der Waals surface area contributed by atoms with E-state index >= 15 is 0 Å². The number of nitrogens with two attached hydrogens (primary N) is 1. The van der Waals surface area contributed by atoms with E-state index in [2.05, 4.69) is 10.3 Å². The van der Waals surface area contributed by atoms with Gasteiger partial charge in [-0.1, -0.05) is 28.5 Å². The number of carbonyl (C=O) groups is 1. The summed E-state index contributed by atoms with van der Waals surface area (Å²) in [5.41, 5.74) is 10.1. The van der Waals surface area contributed by atoms with Crippen molar-refractivity contribution in [2.45, 2.75) is 13.8 Å². The van der Waals surface area contributed by atoms with Crippen molar-refractivity contribution >= 4 is 38.3 Å². The van der Waals surface area contributed by atoms with Crippen LogP contribution in [0.1, 0.15) is 21.5 Å². The summed E-state index contributed by atoms with van der Waals surface area (Å²) >= 11 is 1.42. The van der Waals surface area contributed by atoms with Gasteiger partial charge in [0.15, 0.2) is 5.13 Å². The second-order valence-corrected chi connectivity index (χ2v) is 6.11. The molecule has 3 N–H and O–H groups in total. The van der Waals surface area contributed by atoms with E-state index in [-0.39, 0.29) is 5.91 Å². The van der Waals surface area contributed by atoms with Crippen LogP contribution in [0.25, 0.3) is 10.2 Å². The molecule has 0 aliphatic carbocycles. The summed E-state index contributed by atoms with van der Waals surface area (Å²) in [6.07, 6.45) is 0. The smallest absolute Gasteiger partial charge is 0.257 e. The number of nitrogens with one attached hydrogen (secondary N) is 1. The Morgan fingerprint density at radius 3 is 2.57 bits per heavy atom. The van der Waals surface area contributed by atoms with Crippen LogP contribution in [0.5, 0.6) is 0 Å². The predicted molar refractivity (Wildman–Crippen MR) is 87.9 cm³/mol. The number of aryl methyl sites for hydroxylation is 2. The summed E-state index contributed by atoms with van der Waals surface area (Å²) in [5, 5.41) is 3.43. The van der Waals surface area contributed by atoms with Gasteiger partial charge in [0.25, 0.3) is 5.91 Å². The first-order valence-electron chi connectivity index (χ1n) is 6.57. The molecule has 0 atom stereocenters. The second kappa shape index (κ2) is 5.18. The van der Waals surface area contributed by atoms with Gasteiger partial charge in [-0.05, 0) is 44.2 Å². The van der Waals surface area contributed by atoms with Crippen LogP contribution in [0.3, 0.4) is 0 Å². The number of nitrogens with zero attached hydrogens (tertiary/aromatic N) is 1. The highest BCUT2D eigenvalue weighted by molar-refractivity contribution is 7.22. The fourth-order valence-electron chi connectivity index (χ4n) is 2.27. The monoisotopic (exact) mass is 297 g/mol. The summed E-state index contributed by atoms with van der Waals surface area (Å²) in [7, 11) is 0. The molecule has 1 amide bonds. The van der Waals surface area contributed by atoms with Gasteiger partial charge in [-0.2, -0.15) is 0 Å². The molecular formula is C16H15N3OS. The van der Waals surface area contributed by atoms with Crippen LogP contribution in [0, 0.1) is 13.8 Å². The van der Waals surface area contributed by atoms with E-state index < -0.39 is 0 Å². The molecule has 0 aliphatic heterocycles. The average molecular weight is 297 g/mol. The summed E-state index contributed by atoms with van der Waals surface area (Å²) in [5.74, 6) is -0.145. The highest BCUT2D eigenvalue weighted by atomic mass is 32.1. The van der Waals surface area contributed by atoms with Crippen LogP contribution in [0.15, 0.2) is 36.4 Å². The maximum atomic E-state index is 12.3. The van der Waals surface area contributed by atoms with E-state index in [1.54, 1.807) is 6.07 Å². The van der Waals surface area contributed by atoms with Crippen molar-refractivity contribution in [3.63, 3.8) is 0 Å². The van der Waals surface area contributed by atoms with Crippen molar-refractivity contribution in [1.82, 2.24) is 4.98 Å². The summed E-state index contributed by atoms with van der Waals surface area (Å²) in [6.45, 7) is 3.95. The predicted octanol–water partition coefficient (Wildman–Crippen LogP) is 3.75. The number of benzene rings is 2. The van der Waals surface area contributed by atoms with E-state index in [4.69, 9.17) is 5.73 Å². The lowest BCUT2D eigenvalue weighted by Crippen LogP contribution is -2.12. The third kappa shape index (κ3) is 2.87. The zero-order chi connectivity index (χ0) is 15.0. The molecule has 0 aliphatic rings. The number of rotatable bonds is 2. The third-order valence-corrected chi connectivity index (χ3v) is 4.05.